The molecule has 0 heterocycles. The van der Waals surface area contributed by atoms with Crippen LogP contribution in [-0.4, -0.2) is 50.6 Å². The number of hydrogen-bond acceptors (Lipinski definition) is 4. The molecule has 0 saturated carbocycles. The number of aliphatic hydroxyl groups excluding tert-OH is 1. The molecule has 0 aromatic carbocycles. The first-order chi connectivity index (χ1) is 6.31. The van der Waals surface area contributed by atoms with Crippen LogP contribution in [-0.2, 0) is 4.74 Å². The minimum Gasteiger partial charge on any atom is -0.395 e. The second-order valence-corrected chi connectivity index (χ2v) is 2.31. The zero-order valence-corrected chi connectivity index (χ0v) is 7.58. The third-order valence-electron chi connectivity index (χ3n) is 1.19. The largest absolute Gasteiger partial charge is 0.395 e. The van der Waals surface area contributed by atoms with Gasteiger partial charge in [0.1, 0.15) is 0 Å². The topological polar surface area (TPSA) is 96.6 Å². The molecule has 0 saturated heterocycles. The number of amides is 2. The van der Waals surface area contributed by atoms with E-state index in [9.17, 15) is 4.79 Å². The second kappa shape index (κ2) is 9.24. The lowest BCUT2D eigenvalue weighted by Gasteiger charge is -2.06. The Kier molecular flexibility index (Phi) is 8.64. The van der Waals surface area contributed by atoms with Crippen molar-refractivity contribution in [2.24, 2.45) is 5.73 Å². The van der Waals surface area contributed by atoms with Crippen molar-refractivity contribution in [3.05, 3.63) is 0 Å². The molecule has 5 N–H and O–H groups in total. The van der Waals surface area contributed by atoms with Gasteiger partial charge in [0.2, 0.25) is 0 Å². The summed E-state index contributed by atoms with van der Waals surface area (Å²) in [6.07, 6.45) is 0. The van der Waals surface area contributed by atoms with Crippen LogP contribution in [0.15, 0.2) is 0 Å². The fourth-order valence-electron chi connectivity index (χ4n) is 0.654. The highest BCUT2D eigenvalue weighted by Gasteiger charge is 1.96. The molecule has 0 aromatic rings. The number of urea groups is 1. The van der Waals surface area contributed by atoms with E-state index in [1.165, 1.54) is 0 Å². The Labute approximate surface area is 77.4 Å². The quantitative estimate of drug-likeness (QED) is 0.359. The molecule has 0 bridgehead atoms. The minimum absolute atomic E-state index is 0.0584. The molecule has 6 heteroatoms. The summed E-state index contributed by atoms with van der Waals surface area (Å²) < 4.78 is 5.02. The number of ether oxygens (including phenoxy) is 1. The van der Waals surface area contributed by atoms with Crippen molar-refractivity contribution in [1.29, 1.82) is 0 Å². The average molecular weight is 191 g/mol. The number of rotatable bonds is 7. The molecule has 0 aromatic heterocycles. The third-order valence-corrected chi connectivity index (χ3v) is 1.19. The Morgan fingerprint density at radius 1 is 1.31 bits per heavy atom. The fraction of sp³-hybridized carbons (Fsp3) is 0.857. The Morgan fingerprint density at radius 2 is 2.00 bits per heavy atom. The Balaban J connectivity index is 3.08. The highest BCUT2D eigenvalue weighted by atomic mass is 16.5. The molecule has 0 aliphatic heterocycles. The summed E-state index contributed by atoms with van der Waals surface area (Å²) in [5.41, 5.74) is 5.18. The van der Waals surface area contributed by atoms with Gasteiger partial charge in [0.05, 0.1) is 19.8 Å². The summed E-state index contributed by atoms with van der Waals surface area (Å²) in [6.45, 7) is 2.07. The van der Waals surface area contributed by atoms with Gasteiger partial charge in [0.15, 0.2) is 0 Å². The standard InChI is InChI=1S/C7H17N3O3/c8-1-5-13-6-3-10-7(12)9-2-4-11/h11H,1-6,8H2,(H2,9,10,12). The molecule has 6 nitrogen and oxygen atoms in total. The van der Waals surface area contributed by atoms with Crippen molar-refractivity contribution in [2.45, 2.75) is 0 Å². The van der Waals surface area contributed by atoms with Crippen LogP contribution < -0.4 is 16.4 Å². The SMILES string of the molecule is NCCOCCNC(=O)NCCO. The second-order valence-electron chi connectivity index (χ2n) is 2.31. The van der Waals surface area contributed by atoms with Crippen LogP contribution >= 0.6 is 0 Å². The van der Waals surface area contributed by atoms with E-state index in [-0.39, 0.29) is 19.2 Å². The third kappa shape index (κ3) is 9.06. The monoisotopic (exact) mass is 191 g/mol. The number of carbonyl (C=O) groups is 1. The predicted octanol–water partition coefficient (Wildman–Crippen LogP) is -1.75. The van der Waals surface area contributed by atoms with E-state index in [0.29, 0.717) is 26.3 Å². The number of hydrogen-bond donors (Lipinski definition) is 4. The van der Waals surface area contributed by atoms with Crippen LogP contribution in [0.25, 0.3) is 0 Å². The van der Waals surface area contributed by atoms with E-state index in [0.717, 1.165) is 0 Å². The zero-order valence-electron chi connectivity index (χ0n) is 7.58. The number of nitrogens with two attached hydrogens (primary N) is 1. The van der Waals surface area contributed by atoms with Gasteiger partial charge in [-0.2, -0.15) is 0 Å². The zero-order chi connectivity index (χ0) is 9.94. The minimum atomic E-state index is -0.301. The average Bonchev–Trinajstić information content (AvgIpc) is 2.14. The van der Waals surface area contributed by atoms with Crippen molar-refractivity contribution >= 4 is 6.03 Å². The predicted molar refractivity (Wildman–Crippen MR) is 48.4 cm³/mol. The van der Waals surface area contributed by atoms with Crippen LogP contribution in [0.3, 0.4) is 0 Å². The van der Waals surface area contributed by atoms with Gasteiger partial charge in [-0.15, -0.1) is 0 Å². The van der Waals surface area contributed by atoms with Gasteiger partial charge in [-0.05, 0) is 0 Å². The number of carbonyl (C=O) groups excluding carboxylic acids is 1. The van der Waals surface area contributed by atoms with Crippen LogP contribution in [0.4, 0.5) is 4.79 Å². The van der Waals surface area contributed by atoms with E-state index in [1.54, 1.807) is 0 Å². The van der Waals surface area contributed by atoms with Gasteiger partial charge in [-0.25, -0.2) is 4.79 Å². The van der Waals surface area contributed by atoms with E-state index >= 15 is 0 Å². The van der Waals surface area contributed by atoms with Crippen molar-refractivity contribution in [1.82, 2.24) is 10.6 Å². The molecular weight excluding hydrogens is 174 g/mol. The first-order valence-corrected chi connectivity index (χ1v) is 4.21. The van der Waals surface area contributed by atoms with Crippen molar-refractivity contribution < 1.29 is 14.6 Å². The molecule has 0 unspecified atom stereocenters. The van der Waals surface area contributed by atoms with Gasteiger partial charge in [0, 0.05) is 19.6 Å². The maximum absolute atomic E-state index is 10.8. The Bertz CT molecular complexity index is 132. The van der Waals surface area contributed by atoms with E-state index in [2.05, 4.69) is 10.6 Å². The van der Waals surface area contributed by atoms with Gasteiger partial charge >= 0.3 is 6.03 Å². The van der Waals surface area contributed by atoms with Gasteiger partial charge < -0.3 is 26.2 Å². The fourth-order valence-corrected chi connectivity index (χ4v) is 0.654. The number of nitrogens with one attached hydrogen (secondary N) is 2. The maximum atomic E-state index is 10.8. The molecule has 0 spiro atoms. The first-order valence-electron chi connectivity index (χ1n) is 4.21. The van der Waals surface area contributed by atoms with Crippen molar-refractivity contribution in [3.8, 4) is 0 Å². The summed E-state index contributed by atoms with van der Waals surface area (Å²) in [5, 5.41) is 13.4. The molecule has 0 aliphatic rings. The lowest BCUT2D eigenvalue weighted by Crippen LogP contribution is -2.38. The summed E-state index contributed by atoms with van der Waals surface area (Å²) in [7, 11) is 0. The molecule has 13 heavy (non-hydrogen) atoms. The Morgan fingerprint density at radius 3 is 2.62 bits per heavy atom. The molecule has 2 amide bonds. The van der Waals surface area contributed by atoms with Crippen LogP contribution in [0.5, 0.6) is 0 Å². The Hall–Kier alpha value is -0.850. The summed E-state index contributed by atoms with van der Waals surface area (Å²) in [6, 6.07) is -0.301. The first kappa shape index (κ1) is 12.2. The van der Waals surface area contributed by atoms with Crippen molar-refractivity contribution in [3.63, 3.8) is 0 Å². The van der Waals surface area contributed by atoms with Gasteiger partial charge in [-0.3, -0.25) is 0 Å². The normalized spacial score (nSPS) is 9.69. The maximum Gasteiger partial charge on any atom is 0.314 e. The molecular formula is C7H17N3O3. The molecule has 78 valence electrons. The lowest BCUT2D eigenvalue weighted by molar-refractivity contribution is 0.143. The smallest absolute Gasteiger partial charge is 0.314 e. The summed E-state index contributed by atoms with van der Waals surface area (Å²) in [5.74, 6) is 0. The van der Waals surface area contributed by atoms with E-state index in [1.807, 2.05) is 0 Å². The van der Waals surface area contributed by atoms with Crippen LogP contribution in [0.1, 0.15) is 0 Å². The summed E-state index contributed by atoms with van der Waals surface area (Å²) >= 11 is 0. The molecule has 0 radical (unpaired) electrons. The molecule has 0 atom stereocenters. The molecule has 0 rings (SSSR count). The molecule has 0 fully saturated rings. The highest BCUT2D eigenvalue weighted by molar-refractivity contribution is 5.73. The van der Waals surface area contributed by atoms with E-state index in [4.69, 9.17) is 15.6 Å². The highest BCUT2D eigenvalue weighted by Crippen LogP contribution is 1.71. The van der Waals surface area contributed by atoms with E-state index < -0.39 is 0 Å². The van der Waals surface area contributed by atoms with Crippen LogP contribution in [0.2, 0.25) is 0 Å². The van der Waals surface area contributed by atoms with Gasteiger partial charge in [-0.1, -0.05) is 0 Å². The summed E-state index contributed by atoms with van der Waals surface area (Å²) in [4.78, 5) is 10.8. The molecule has 0 aliphatic carbocycles. The van der Waals surface area contributed by atoms with Crippen LogP contribution in [0, 0.1) is 0 Å². The van der Waals surface area contributed by atoms with Crippen molar-refractivity contribution in [2.75, 3.05) is 39.5 Å². The number of aliphatic hydroxyl groups is 1. The lowest BCUT2D eigenvalue weighted by atomic mass is 10.6. The van der Waals surface area contributed by atoms with Gasteiger partial charge in [0.25, 0.3) is 0 Å².